The second kappa shape index (κ2) is 10.8. The second-order valence-corrected chi connectivity index (χ2v) is 8.98. The number of carbonyl (C=O) groups is 2. The molecule has 8 N–H and O–H groups in total. The minimum atomic E-state index is -1.74. The Morgan fingerprint density at radius 1 is 1.12 bits per heavy atom. The molecule has 1 atom stereocenters. The van der Waals surface area contributed by atoms with Crippen molar-refractivity contribution in [2.24, 2.45) is 27.8 Å². The summed E-state index contributed by atoms with van der Waals surface area (Å²) in [5.41, 5.74) is 12.1. The lowest BCUT2D eigenvalue weighted by molar-refractivity contribution is -0.143. The third-order valence-electron chi connectivity index (χ3n) is 6.66. The topological polar surface area (TPSA) is 163 Å². The third-order valence-corrected chi connectivity index (χ3v) is 6.66. The van der Waals surface area contributed by atoms with Gasteiger partial charge in [0, 0.05) is 13.1 Å². The van der Waals surface area contributed by atoms with E-state index < -0.39 is 24.4 Å². The van der Waals surface area contributed by atoms with Gasteiger partial charge in [-0.05, 0) is 55.6 Å². The Morgan fingerprint density at radius 2 is 1.75 bits per heavy atom. The van der Waals surface area contributed by atoms with E-state index in [1.807, 2.05) is 12.1 Å². The molecule has 3 rings (SSSR count). The van der Waals surface area contributed by atoms with Crippen LogP contribution in [-0.2, 0) is 22.4 Å². The molecule has 2 aliphatic rings. The van der Waals surface area contributed by atoms with E-state index in [4.69, 9.17) is 11.5 Å². The molecular formula is C22H34BN5O4. The number of amides is 2. The van der Waals surface area contributed by atoms with Crippen LogP contribution in [0, 0.1) is 11.3 Å². The monoisotopic (exact) mass is 443 g/mol. The first kappa shape index (κ1) is 24.1. The number of carbonyl (C=O) groups excluding carboxylic acids is 2. The number of rotatable bonds is 10. The summed E-state index contributed by atoms with van der Waals surface area (Å²) >= 11 is 0. The smallest absolute Gasteiger partial charge is 0.426 e. The average molecular weight is 443 g/mol. The van der Waals surface area contributed by atoms with Crippen LogP contribution < -0.4 is 22.1 Å². The van der Waals surface area contributed by atoms with Crippen molar-refractivity contribution in [3.63, 3.8) is 0 Å². The van der Waals surface area contributed by atoms with Crippen molar-refractivity contribution < 1.29 is 19.6 Å². The number of benzene rings is 1. The quantitative estimate of drug-likeness (QED) is 0.0950. The Balaban J connectivity index is 1.57. The van der Waals surface area contributed by atoms with Gasteiger partial charge in [-0.25, -0.2) is 0 Å². The molecular weight excluding hydrogens is 409 g/mol. The zero-order valence-electron chi connectivity index (χ0n) is 18.4. The van der Waals surface area contributed by atoms with Crippen LogP contribution >= 0.6 is 0 Å². The Bertz CT molecular complexity index is 812. The van der Waals surface area contributed by atoms with E-state index in [-0.39, 0.29) is 18.3 Å². The Labute approximate surface area is 189 Å². The van der Waals surface area contributed by atoms with Gasteiger partial charge in [0.05, 0.1) is 5.94 Å². The molecule has 1 unspecified atom stereocenters. The fourth-order valence-corrected chi connectivity index (χ4v) is 4.86. The SMILES string of the molecule is NC(N)=NCCCC(NC(=O)C1(C(=O)NCC2Cc3ccccc3C2)CCCC1)B(O)O. The molecule has 0 heterocycles. The maximum Gasteiger partial charge on any atom is 0.475 e. The molecule has 1 saturated carbocycles. The first-order valence-corrected chi connectivity index (χ1v) is 11.4. The molecule has 0 spiro atoms. The minimum absolute atomic E-state index is 0.0397. The van der Waals surface area contributed by atoms with Gasteiger partial charge in [0.15, 0.2) is 5.96 Å². The van der Waals surface area contributed by atoms with Crippen LogP contribution in [0.2, 0.25) is 0 Å². The van der Waals surface area contributed by atoms with E-state index in [0.29, 0.717) is 38.3 Å². The maximum atomic E-state index is 13.2. The number of nitrogens with one attached hydrogen (secondary N) is 2. The van der Waals surface area contributed by atoms with Crippen LogP contribution in [-0.4, -0.2) is 54.0 Å². The van der Waals surface area contributed by atoms with Gasteiger partial charge in [0.25, 0.3) is 0 Å². The molecule has 0 aliphatic heterocycles. The van der Waals surface area contributed by atoms with Crippen molar-refractivity contribution in [2.75, 3.05) is 13.1 Å². The van der Waals surface area contributed by atoms with Crippen molar-refractivity contribution in [3.8, 4) is 0 Å². The Morgan fingerprint density at radius 3 is 2.31 bits per heavy atom. The molecule has 0 saturated heterocycles. The van der Waals surface area contributed by atoms with Crippen LogP contribution in [0.4, 0.5) is 0 Å². The maximum absolute atomic E-state index is 13.2. The Kier molecular flexibility index (Phi) is 8.14. The summed E-state index contributed by atoms with van der Waals surface area (Å²) in [7, 11) is -1.74. The van der Waals surface area contributed by atoms with E-state index in [9.17, 15) is 19.6 Å². The van der Waals surface area contributed by atoms with Gasteiger partial charge in [0.1, 0.15) is 5.41 Å². The van der Waals surface area contributed by atoms with E-state index in [1.165, 1.54) is 11.1 Å². The fraction of sp³-hybridized carbons (Fsp3) is 0.591. The highest BCUT2D eigenvalue weighted by Crippen LogP contribution is 2.39. The van der Waals surface area contributed by atoms with Gasteiger partial charge in [-0.2, -0.15) is 0 Å². The van der Waals surface area contributed by atoms with Crippen molar-refractivity contribution in [1.29, 1.82) is 0 Å². The summed E-state index contributed by atoms with van der Waals surface area (Å²) in [4.78, 5) is 30.2. The lowest BCUT2D eigenvalue weighted by Crippen LogP contribution is -2.56. The number of aliphatic imine (C=N–C) groups is 1. The van der Waals surface area contributed by atoms with Crippen molar-refractivity contribution in [3.05, 3.63) is 35.4 Å². The Hall–Kier alpha value is -2.59. The molecule has 1 aromatic carbocycles. The summed E-state index contributed by atoms with van der Waals surface area (Å²) in [5.74, 6) is -1.33. The molecule has 10 heteroatoms. The predicted octanol–water partition coefficient (Wildman–Crippen LogP) is -0.372. The van der Waals surface area contributed by atoms with Crippen LogP contribution in [0.5, 0.6) is 0 Å². The molecule has 174 valence electrons. The van der Waals surface area contributed by atoms with Gasteiger partial charge in [-0.15, -0.1) is 0 Å². The molecule has 1 fully saturated rings. The van der Waals surface area contributed by atoms with Crippen molar-refractivity contribution in [2.45, 2.75) is 57.3 Å². The average Bonchev–Trinajstić information content (AvgIpc) is 3.41. The molecule has 2 aliphatic carbocycles. The van der Waals surface area contributed by atoms with Gasteiger partial charge in [-0.3, -0.25) is 14.6 Å². The highest BCUT2D eigenvalue weighted by atomic mass is 16.4. The van der Waals surface area contributed by atoms with Crippen LogP contribution in [0.3, 0.4) is 0 Å². The second-order valence-electron chi connectivity index (χ2n) is 8.98. The predicted molar refractivity (Wildman–Crippen MR) is 123 cm³/mol. The number of nitrogens with two attached hydrogens (primary N) is 2. The number of nitrogens with zero attached hydrogens (tertiary/aromatic N) is 1. The van der Waals surface area contributed by atoms with Gasteiger partial charge < -0.3 is 32.1 Å². The van der Waals surface area contributed by atoms with Crippen LogP contribution in [0.1, 0.15) is 49.7 Å². The van der Waals surface area contributed by atoms with Gasteiger partial charge >= 0.3 is 7.12 Å². The standard InChI is InChI=1S/C22H34BN5O4/c24-21(25)26-11-5-8-18(23(31)32)28-20(30)22(9-3-4-10-22)19(29)27-14-15-12-16-6-1-2-7-17(16)13-15/h1-2,6-7,15,18,31-32H,3-5,8-14H2,(H,27,29)(H,28,30)(H4,24,25,26). The molecule has 9 nitrogen and oxygen atoms in total. The first-order valence-electron chi connectivity index (χ1n) is 11.4. The molecule has 0 bridgehead atoms. The van der Waals surface area contributed by atoms with E-state index >= 15 is 0 Å². The summed E-state index contributed by atoms with van der Waals surface area (Å²) in [6.07, 6.45) is 5.06. The molecule has 2 amide bonds. The number of guanidine groups is 1. The summed E-state index contributed by atoms with van der Waals surface area (Å²) in [6, 6.07) is 8.30. The summed E-state index contributed by atoms with van der Waals surface area (Å²) in [5, 5.41) is 25.2. The van der Waals surface area contributed by atoms with Crippen molar-refractivity contribution in [1.82, 2.24) is 10.6 Å². The van der Waals surface area contributed by atoms with E-state index in [0.717, 1.165) is 25.7 Å². The van der Waals surface area contributed by atoms with Gasteiger partial charge in [0.2, 0.25) is 11.8 Å². The zero-order valence-corrected chi connectivity index (χ0v) is 18.4. The molecule has 0 radical (unpaired) electrons. The van der Waals surface area contributed by atoms with Crippen LogP contribution in [0.15, 0.2) is 29.3 Å². The van der Waals surface area contributed by atoms with Crippen molar-refractivity contribution >= 4 is 24.9 Å². The molecule has 1 aromatic rings. The van der Waals surface area contributed by atoms with Gasteiger partial charge in [-0.1, -0.05) is 37.1 Å². The minimum Gasteiger partial charge on any atom is -0.426 e. The normalized spacial score (nSPS) is 17.9. The summed E-state index contributed by atoms with van der Waals surface area (Å²) < 4.78 is 0. The lowest BCUT2D eigenvalue weighted by Gasteiger charge is -2.29. The highest BCUT2D eigenvalue weighted by molar-refractivity contribution is 6.43. The fourth-order valence-electron chi connectivity index (χ4n) is 4.86. The number of hydrogen-bond acceptors (Lipinski definition) is 5. The summed E-state index contributed by atoms with van der Waals surface area (Å²) in [6.45, 7) is 0.837. The lowest BCUT2D eigenvalue weighted by atomic mass is 9.75. The number of hydrogen-bond donors (Lipinski definition) is 6. The third kappa shape index (κ3) is 5.80. The van der Waals surface area contributed by atoms with E-state index in [2.05, 4.69) is 27.8 Å². The zero-order chi connectivity index (χ0) is 23.1. The molecule has 0 aromatic heterocycles. The largest absolute Gasteiger partial charge is 0.475 e. The van der Waals surface area contributed by atoms with Crippen LogP contribution in [0.25, 0.3) is 0 Å². The van der Waals surface area contributed by atoms with E-state index in [1.54, 1.807) is 0 Å². The number of fused-ring (bicyclic) bond motifs is 1. The molecule has 32 heavy (non-hydrogen) atoms. The first-order chi connectivity index (χ1) is 15.3. The highest BCUT2D eigenvalue weighted by Gasteiger charge is 2.49.